The van der Waals surface area contributed by atoms with E-state index in [0.717, 1.165) is 5.76 Å². The number of nitrogens with zero attached hydrogens (tertiary/aromatic N) is 1. The van der Waals surface area contributed by atoms with Crippen LogP contribution in [0.1, 0.15) is 45.1 Å². The van der Waals surface area contributed by atoms with E-state index < -0.39 is 12.1 Å². The second-order valence-electron chi connectivity index (χ2n) is 8.27. The number of hydrogen-bond acceptors (Lipinski definition) is 6. The lowest BCUT2D eigenvalue weighted by Gasteiger charge is -2.35. The normalized spacial score (nSPS) is 25.7. The highest BCUT2D eigenvalue weighted by molar-refractivity contribution is 5.95. The summed E-state index contributed by atoms with van der Waals surface area (Å²) in [6.45, 7) is 4.91. The molecule has 1 aliphatic carbocycles. The van der Waals surface area contributed by atoms with Crippen molar-refractivity contribution in [3.05, 3.63) is 53.0 Å². The number of aliphatic hydroxyl groups excluding tert-OH is 1. The van der Waals surface area contributed by atoms with Crippen molar-refractivity contribution in [2.45, 2.75) is 38.9 Å². The summed E-state index contributed by atoms with van der Waals surface area (Å²) in [5.74, 6) is 1.95. The van der Waals surface area contributed by atoms with Gasteiger partial charge in [0.05, 0.1) is 24.3 Å². The SMILES string of the molecule is COC(=O)c1cccc(O[C@@H]2C[C@@H]3CN(C(=O)c4cc(C)oc4C)C[C@@H]3C[C@H]2O)c1. The Hall–Kier alpha value is -2.80. The average Bonchev–Trinajstić information content (AvgIpc) is 3.29. The maximum Gasteiger partial charge on any atom is 0.337 e. The second-order valence-corrected chi connectivity index (χ2v) is 8.27. The first kappa shape index (κ1) is 20.5. The summed E-state index contributed by atoms with van der Waals surface area (Å²) >= 11 is 0. The number of fused-ring (bicyclic) bond motifs is 1. The van der Waals surface area contributed by atoms with Crippen molar-refractivity contribution >= 4 is 11.9 Å². The Morgan fingerprint density at radius 3 is 2.53 bits per heavy atom. The van der Waals surface area contributed by atoms with E-state index in [0.29, 0.717) is 48.6 Å². The Balaban J connectivity index is 1.43. The maximum absolute atomic E-state index is 12.9. The molecule has 1 saturated carbocycles. The second kappa shape index (κ2) is 8.14. The zero-order chi connectivity index (χ0) is 21.4. The maximum atomic E-state index is 12.9. The highest BCUT2D eigenvalue weighted by Gasteiger charge is 2.44. The van der Waals surface area contributed by atoms with Crippen LogP contribution >= 0.6 is 0 Å². The molecule has 1 aromatic heterocycles. The third kappa shape index (κ3) is 3.94. The van der Waals surface area contributed by atoms with Crippen molar-refractivity contribution in [1.29, 1.82) is 0 Å². The van der Waals surface area contributed by atoms with Crippen LogP contribution in [0.25, 0.3) is 0 Å². The van der Waals surface area contributed by atoms with Gasteiger partial charge in [0, 0.05) is 13.1 Å². The number of amides is 1. The summed E-state index contributed by atoms with van der Waals surface area (Å²) in [4.78, 5) is 26.5. The topological polar surface area (TPSA) is 89.2 Å². The standard InChI is InChI=1S/C23H27NO6/c1-13-7-19(14(2)29-13)22(26)24-11-16-9-20(25)21(10-17(16)12-24)30-18-6-4-5-15(8-18)23(27)28-3/h4-8,16-17,20-21,25H,9-12H2,1-3H3/t16-,17+,20+,21+/m0/s1. The molecule has 7 heteroatoms. The van der Waals surface area contributed by atoms with E-state index in [4.69, 9.17) is 13.9 Å². The third-order valence-electron chi connectivity index (χ3n) is 6.19. The summed E-state index contributed by atoms with van der Waals surface area (Å²) in [7, 11) is 1.33. The van der Waals surface area contributed by atoms with Crippen molar-refractivity contribution in [3.8, 4) is 5.75 Å². The Kier molecular flexibility index (Phi) is 5.56. The fraction of sp³-hybridized carbons (Fsp3) is 0.478. The first-order valence-electron chi connectivity index (χ1n) is 10.2. The minimum Gasteiger partial charge on any atom is -0.488 e. The molecule has 2 fully saturated rings. The van der Waals surface area contributed by atoms with Gasteiger partial charge >= 0.3 is 5.97 Å². The largest absolute Gasteiger partial charge is 0.488 e. The van der Waals surface area contributed by atoms with Crippen molar-refractivity contribution in [2.75, 3.05) is 20.2 Å². The first-order valence-corrected chi connectivity index (χ1v) is 10.2. The lowest BCUT2D eigenvalue weighted by Crippen LogP contribution is -2.42. The van der Waals surface area contributed by atoms with Gasteiger partial charge in [0.25, 0.3) is 5.91 Å². The smallest absolute Gasteiger partial charge is 0.337 e. The van der Waals surface area contributed by atoms with Gasteiger partial charge in [0.2, 0.25) is 0 Å². The van der Waals surface area contributed by atoms with Gasteiger partial charge < -0.3 is 23.9 Å². The zero-order valence-corrected chi connectivity index (χ0v) is 17.5. The molecule has 30 heavy (non-hydrogen) atoms. The zero-order valence-electron chi connectivity index (χ0n) is 17.5. The molecule has 1 amide bonds. The molecule has 4 rings (SSSR count). The molecule has 0 bridgehead atoms. The van der Waals surface area contributed by atoms with Gasteiger partial charge in [-0.1, -0.05) is 6.07 Å². The molecule has 160 valence electrons. The molecule has 4 atom stereocenters. The molecule has 2 aliphatic rings. The number of aliphatic hydroxyl groups is 1. The number of rotatable bonds is 4. The van der Waals surface area contributed by atoms with Crippen molar-refractivity contribution < 1.29 is 28.6 Å². The Labute approximate surface area is 175 Å². The predicted molar refractivity (Wildman–Crippen MR) is 109 cm³/mol. The van der Waals surface area contributed by atoms with Gasteiger partial charge in [-0.25, -0.2) is 4.79 Å². The number of methoxy groups -OCH3 is 1. The molecular weight excluding hydrogens is 386 g/mol. The molecule has 1 aliphatic heterocycles. The van der Waals surface area contributed by atoms with Gasteiger partial charge in [0.15, 0.2) is 0 Å². The van der Waals surface area contributed by atoms with Crippen LogP contribution in [0.2, 0.25) is 0 Å². The van der Waals surface area contributed by atoms with Crippen molar-refractivity contribution in [3.63, 3.8) is 0 Å². The number of carbonyl (C=O) groups excluding carboxylic acids is 2. The van der Waals surface area contributed by atoms with Crippen LogP contribution in [0.4, 0.5) is 0 Å². The number of likely N-dealkylation sites (tertiary alicyclic amines) is 1. The molecule has 0 unspecified atom stereocenters. The van der Waals surface area contributed by atoms with E-state index in [9.17, 15) is 14.7 Å². The highest BCUT2D eigenvalue weighted by Crippen LogP contribution is 2.38. The van der Waals surface area contributed by atoms with E-state index in [1.807, 2.05) is 11.8 Å². The lowest BCUT2D eigenvalue weighted by atomic mass is 9.78. The van der Waals surface area contributed by atoms with Crippen molar-refractivity contribution in [2.24, 2.45) is 11.8 Å². The molecular formula is C23H27NO6. The highest BCUT2D eigenvalue weighted by atomic mass is 16.5. The molecule has 1 aromatic carbocycles. The summed E-state index contributed by atoms with van der Waals surface area (Å²) in [5, 5.41) is 10.7. The van der Waals surface area contributed by atoms with Crippen LogP contribution in [-0.4, -0.2) is 54.3 Å². The van der Waals surface area contributed by atoms with E-state index in [2.05, 4.69) is 0 Å². The van der Waals surface area contributed by atoms with Crippen LogP contribution < -0.4 is 4.74 Å². The molecule has 1 saturated heterocycles. The van der Waals surface area contributed by atoms with Crippen LogP contribution in [0.5, 0.6) is 5.75 Å². The van der Waals surface area contributed by atoms with Gasteiger partial charge in [-0.05, 0) is 62.8 Å². The fourth-order valence-corrected chi connectivity index (χ4v) is 4.69. The number of aryl methyl sites for hydroxylation is 2. The minimum absolute atomic E-state index is 0.0171. The number of hydrogen-bond donors (Lipinski definition) is 1. The van der Waals surface area contributed by atoms with Gasteiger partial charge in [-0.3, -0.25) is 4.79 Å². The number of benzene rings is 1. The molecule has 2 heterocycles. The summed E-state index contributed by atoms with van der Waals surface area (Å²) in [6.07, 6.45) is 0.230. The molecule has 0 spiro atoms. The molecule has 0 radical (unpaired) electrons. The number of carbonyl (C=O) groups is 2. The van der Waals surface area contributed by atoms with Gasteiger partial charge in [-0.2, -0.15) is 0 Å². The van der Waals surface area contributed by atoms with Gasteiger partial charge in [-0.15, -0.1) is 0 Å². The molecule has 7 nitrogen and oxygen atoms in total. The van der Waals surface area contributed by atoms with Crippen LogP contribution in [0, 0.1) is 25.7 Å². The number of esters is 1. The molecule has 1 N–H and O–H groups in total. The number of furan rings is 1. The lowest BCUT2D eigenvalue weighted by molar-refractivity contribution is -0.0231. The summed E-state index contributed by atoms with van der Waals surface area (Å²) in [5.41, 5.74) is 1.01. The quantitative estimate of drug-likeness (QED) is 0.776. The molecule has 2 aromatic rings. The summed E-state index contributed by atoms with van der Waals surface area (Å²) < 4.78 is 16.3. The Morgan fingerprint density at radius 1 is 1.13 bits per heavy atom. The van der Waals surface area contributed by atoms with E-state index >= 15 is 0 Å². The van der Waals surface area contributed by atoms with E-state index in [-0.39, 0.29) is 23.8 Å². The summed E-state index contributed by atoms with van der Waals surface area (Å²) in [6, 6.07) is 8.56. The average molecular weight is 413 g/mol. The third-order valence-corrected chi connectivity index (χ3v) is 6.19. The Morgan fingerprint density at radius 2 is 1.87 bits per heavy atom. The monoisotopic (exact) mass is 413 g/mol. The van der Waals surface area contributed by atoms with Gasteiger partial charge in [0.1, 0.15) is 23.4 Å². The predicted octanol–water partition coefficient (Wildman–Crippen LogP) is 2.97. The first-order chi connectivity index (χ1) is 14.4. The fourth-order valence-electron chi connectivity index (χ4n) is 4.69. The van der Waals surface area contributed by atoms with E-state index in [1.165, 1.54) is 7.11 Å². The van der Waals surface area contributed by atoms with E-state index in [1.54, 1.807) is 37.3 Å². The van der Waals surface area contributed by atoms with Crippen LogP contribution in [0.15, 0.2) is 34.7 Å². The number of ether oxygens (including phenoxy) is 2. The minimum atomic E-state index is -0.624. The Bertz CT molecular complexity index is 951. The van der Waals surface area contributed by atoms with Crippen molar-refractivity contribution in [1.82, 2.24) is 4.90 Å². The van der Waals surface area contributed by atoms with Crippen LogP contribution in [-0.2, 0) is 4.74 Å². The van der Waals surface area contributed by atoms with Crippen LogP contribution in [0.3, 0.4) is 0 Å².